The smallest absolute Gasteiger partial charge is 0.168 e. The number of benzene rings is 3. The first kappa shape index (κ1) is 18.1. The molecule has 4 rings (SSSR count). The molecule has 0 radical (unpaired) electrons. The molecule has 0 saturated heterocycles. The zero-order chi connectivity index (χ0) is 19.7. The van der Waals surface area contributed by atoms with Crippen LogP contribution in [0.25, 0.3) is 5.57 Å². The zero-order valence-electron chi connectivity index (χ0n) is 15.7. The van der Waals surface area contributed by atoms with Crippen LogP contribution in [-0.4, -0.2) is 16.5 Å². The minimum absolute atomic E-state index is 0.0654. The third kappa shape index (κ3) is 2.99. The Labute approximate surface area is 164 Å². The molecule has 1 aliphatic carbocycles. The molecule has 0 aromatic heterocycles. The molecule has 1 aliphatic rings. The Balaban J connectivity index is 1.90. The number of aldehydes is 1. The highest BCUT2D eigenvalue weighted by atomic mass is 16.3. The Kier molecular flexibility index (Phi) is 4.74. The molecule has 0 fully saturated rings. The van der Waals surface area contributed by atoms with Gasteiger partial charge < -0.3 is 10.2 Å². The van der Waals surface area contributed by atoms with Crippen LogP contribution < -0.4 is 0 Å². The van der Waals surface area contributed by atoms with E-state index in [0.29, 0.717) is 18.3 Å². The van der Waals surface area contributed by atoms with Crippen molar-refractivity contribution in [1.29, 1.82) is 0 Å². The molecule has 3 aromatic rings. The summed E-state index contributed by atoms with van der Waals surface area (Å²) in [6.45, 7) is 1.80. The number of carbonyl (C=O) groups excluding carboxylic acids is 1. The SMILES string of the molecule is Cc1c(O)c(O)c(C=O)c2c1C(C=C(c1ccccc1)c1ccccc1)CC2. The Morgan fingerprint density at radius 2 is 1.50 bits per heavy atom. The molecule has 28 heavy (non-hydrogen) atoms. The molecule has 2 N–H and O–H groups in total. The van der Waals surface area contributed by atoms with Gasteiger partial charge in [-0.2, -0.15) is 0 Å². The van der Waals surface area contributed by atoms with Crippen LogP contribution >= 0.6 is 0 Å². The predicted octanol–water partition coefficient (Wildman–Crippen LogP) is 5.38. The van der Waals surface area contributed by atoms with Crippen LogP contribution in [0.5, 0.6) is 11.5 Å². The molecule has 1 unspecified atom stereocenters. The van der Waals surface area contributed by atoms with Gasteiger partial charge in [-0.15, -0.1) is 0 Å². The lowest BCUT2D eigenvalue weighted by Gasteiger charge is -2.17. The van der Waals surface area contributed by atoms with E-state index in [1.165, 1.54) is 0 Å². The number of rotatable bonds is 4. The number of phenolic OH excluding ortho intramolecular Hbond substituents is 2. The number of phenols is 2. The number of hydrogen-bond donors (Lipinski definition) is 2. The predicted molar refractivity (Wildman–Crippen MR) is 111 cm³/mol. The van der Waals surface area contributed by atoms with Gasteiger partial charge in [0.15, 0.2) is 17.8 Å². The van der Waals surface area contributed by atoms with Gasteiger partial charge in [-0.05, 0) is 53.2 Å². The van der Waals surface area contributed by atoms with E-state index in [1.54, 1.807) is 6.92 Å². The van der Waals surface area contributed by atoms with E-state index in [9.17, 15) is 15.0 Å². The van der Waals surface area contributed by atoms with E-state index in [-0.39, 0.29) is 23.0 Å². The van der Waals surface area contributed by atoms with Crippen molar-refractivity contribution >= 4 is 11.9 Å². The Bertz CT molecular complexity index is 1010. The Morgan fingerprint density at radius 1 is 0.929 bits per heavy atom. The summed E-state index contributed by atoms with van der Waals surface area (Å²) in [5.74, 6) is -0.431. The average molecular weight is 370 g/mol. The van der Waals surface area contributed by atoms with Crippen molar-refractivity contribution in [3.05, 3.63) is 100 Å². The molecule has 1 atom stereocenters. The van der Waals surface area contributed by atoms with E-state index < -0.39 is 0 Å². The fourth-order valence-corrected chi connectivity index (χ4v) is 4.25. The van der Waals surface area contributed by atoms with E-state index in [0.717, 1.165) is 34.2 Å². The van der Waals surface area contributed by atoms with Gasteiger partial charge in [0.1, 0.15) is 0 Å². The summed E-state index contributed by atoms with van der Waals surface area (Å²) >= 11 is 0. The van der Waals surface area contributed by atoms with Gasteiger partial charge in [-0.1, -0.05) is 66.7 Å². The van der Waals surface area contributed by atoms with Crippen molar-refractivity contribution in [3.63, 3.8) is 0 Å². The first-order valence-electron chi connectivity index (χ1n) is 9.47. The lowest BCUT2D eigenvalue weighted by molar-refractivity contribution is 0.111. The molecular formula is C25H22O3. The first-order chi connectivity index (χ1) is 13.6. The summed E-state index contributed by atoms with van der Waals surface area (Å²) in [5, 5.41) is 20.5. The summed E-state index contributed by atoms with van der Waals surface area (Å²) in [6, 6.07) is 20.4. The van der Waals surface area contributed by atoms with E-state index >= 15 is 0 Å². The number of allylic oxidation sites excluding steroid dienone is 1. The van der Waals surface area contributed by atoms with Crippen molar-refractivity contribution in [2.75, 3.05) is 0 Å². The summed E-state index contributed by atoms with van der Waals surface area (Å²) in [6.07, 6.45) is 4.42. The normalized spacial score (nSPS) is 15.1. The quantitative estimate of drug-likeness (QED) is 0.479. The van der Waals surface area contributed by atoms with Crippen molar-refractivity contribution in [1.82, 2.24) is 0 Å². The van der Waals surface area contributed by atoms with E-state index in [1.807, 2.05) is 36.4 Å². The molecule has 0 heterocycles. The molecular weight excluding hydrogens is 348 g/mol. The monoisotopic (exact) mass is 370 g/mol. The number of fused-ring (bicyclic) bond motifs is 1. The van der Waals surface area contributed by atoms with Gasteiger partial charge in [0.25, 0.3) is 0 Å². The van der Waals surface area contributed by atoms with Crippen LogP contribution in [0.2, 0.25) is 0 Å². The van der Waals surface area contributed by atoms with Gasteiger partial charge in [0.2, 0.25) is 0 Å². The van der Waals surface area contributed by atoms with Gasteiger partial charge in [0.05, 0.1) is 5.56 Å². The van der Waals surface area contributed by atoms with Gasteiger partial charge >= 0.3 is 0 Å². The summed E-state index contributed by atoms with van der Waals surface area (Å²) in [7, 11) is 0. The second-order valence-corrected chi connectivity index (χ2v) is 7.20. The van der Waals surface area contributed by atoms with Crippen molar-refractivity contribution in [2.45, 2.75) is 25.7 Å². The lowest BCUT2D eigenvalue weighted by atomic mass is 9.88. The molecule has 0 bridgehead atoms. The molecule has 0 aliphatic heterocycles. The van der Waals surface area contributed by atoms with Crippen LogP contribution in [0.4, 0.5) is 0 Å². The minimum atomic E-state index is -0.303. The molecule has 0 amide bonds. The van der Waals surface area contributed by atoms with Crippen molar-refractivity contribution < 1.29 is 15.0 Å². The van der Waals surface area contributed by atoms with Crippen LogP contribution in [0, 0.1) is 6.92 Å². The summed E-state index contributed by atoms with van der Waals surface area (Å²) in [4.78, 5) is 11.5. The van der Waals surface area contributed by atoms with Crippen LogP contribution in [0.1, 0.15) is 50.5 Å². The van der Waals surface area contributed by atoms with Crippen molar-refractivity contribution in [3.8, 4) is 11.5 Å². The summed E-state index contributed by atoms with van der Waals surface area (Å²) < 4.78 is 0. The first-order valence-corrected chi connectivity index (χ1v) is 9.47. The maximum Gasteiger partial charge on any atom is 0.168 e. The van der Waals surface area contributed by atoms with Crippen LogP contribution in [-0.2, 0) is 6.42 Å². The number of carbonyl (C=O) groups is 1. The van der Waals surface area contributed by atoms with Gasteiger partial charge in [-0.3, -0.25) is 4.79 Å². The average Bonchev–Trinajstić information content (AvgIpc) is 3.15. The largest absolute Gasteiger partial charge is 0.504 e. The maximum absolute atomic E-state index is 11.5. The van der Waals surface area contributed by atoms with Crippen LogP contribution in [0.15, 0.2) is 66.7 Å². The molecule has 0 saturated carbocycles. The highest BCUT2D eigenvalue weighted by Gasteiger charge is 2.30. The van der Waals surface area contributed by atoms with E-state index in [4.69, 9.17) is 0 Å². The molecule has 140 valence electrons. The van der Waals surface area contributed by atoms with Gasteiger partial charge in [-0.25, -0.2) is 0 Å². The second-order valence-electron chi connectivity index (χ2n) is 7.20. The minimum Gasteiger partial charge on any atom is -0.504 e. The standard InChI is InChI=1S/C25H22O3/c1-16-23-19(12-13-20(23)22(15-26)25(28)24(16)27)14-21(17-8-4-2-5-9-17)18-10-6-3-7-11-18/h2-11,14-15,19,27-28H,12-13H2,1H3. The van der Waals surface area contributed by atoms with Crippen LogP contribution in [0.3, 0.4) is 0 Å². The molecule has 0 spiro atoms. The molecule has 3 heteroatoms. The third-order valence-corrected chi connectivity index (χ3v) is 5.62. The molecule has 3 nitrogen and oxygen atoms in total. The number of hydrogen-bond acceptors (Lipinski definition) is 3. The van der Waals surface area contributed by atoms with Gasteiger partial charge in [0, 0.05) is 5.92 Å². The second kappa shape index (κ2) is 7.35. The van der Waals surface area contributed by atoms with Crippen molar-refractivity contribution in [2.24, 2.45) is 0 Å². The highest BCUT2D eigenvalue weighted by Crippen LogP contribution is 2.47. The Hall–Kier alpha value is -3.33. The summed E-state index contributed by atoms with van der Waals surface area (Å²) in [5.41, 5.74) is 6.05. The fraction of sp³-hybridized carbons (Fsp3) is 0.160. The topological polar surface area (TPSA) is 57.5 Å². The Morgan fingerprint density at radius 3 is 2.04 bits per heavy atom. The zero-order valence-corrected chi connectivity index (χ0v) is 15.7. The van der Waals surface area contributed by atoms with E-state index in [2.05, 4.69) is 30.3 Å². The number of aromatic hydroxyl groups is 2. The molecule has 3 aromatic carbocycles. The fourth-order valence-electron chi connectivity index (χ4n) is 4.25. The lowest BCUT2D eigenvalue weighted by Crippen LogP contribution is -2.00. The third-order valence-electron chi connectivity index (χ3n) is 5.62. The maximum atomic E-state index is 11.5. The highest BCUT2D eigenvalue weighted by molar-refractivity contribution is 5.86.